The number of nitrogens with one attached hydrogen (secondary N) is 1. The molecular formula is C25H25ClF2FeN7O. The first-order valence-electron chi connectivity index (χ1n) is 11.4. The number of rotatable bonds is 7. The van der Waals surface area contributed by atoms with E-state index in [-0.39, 0.29) is 0 Å². The Morgan fingerprint density at radius 3 is 2.68 bits per heavy atom. The molecule has 5 rings (SSSR count). The Balaban J connectivity index is 0.00000156. The molecule has 0 amide bonds. The van der Waals surface area contributed by atoms with Gasteiger partial charge in [-0.1, -0.05) is 0 Å². The first kappa shape index (κ1) is 26.7. The predicted molar refractivity (Wildman–Crippen MR) is 136 cm³/mol. The van der Waals surface area contributed by atoms with E-state index in [2.05, 4.69) is 45.6 Å². The van der Waals surface area contributed by atoms with Crippen LogP contribution in [0.3, 0.4) is 0 Å². The zero-order chi connectivity index (χ0) is 26.5. The number of anilines is 1. The Morgan fingerprint density at radius 2 is 1.95 bits per heavy atom. The van der Waals surface area contributed by atoms with Gasteiger partial charge in [0.15, 0.2) is 0 Å². The second-order valence-electron chi connectivity index (χ2n) is 8.41. The maximum atomic E-state index is 14.7. The molecule has 1 aliphatic carbocycles. The number of benzene rings is 2. The van der Waals surface area contributed by atoms with Gasteiger partial charge in [-0.3, -0.25) is 0 Å². The number of hydrogen-bond donors (Lipinski definition) is 3. The Morgan fingerprint density at radius 1 is 1.14 bits per heavy atom. The van der Waals surface area contributed by atoms with Gasteiger partial charge in [-0.2, -0.15) is 5.10 Å². The van der Waals surface area contributed by atoms with Crippen molar-refractivity contribution in [3.63, 3.8) is 0 Å². The van der Waals surface area contributed by atoms with Crippen LogP contribution in [0.4, 0.5) is 14.5 Å². The molecular weight excluding hydrogens is 544 g/mol. The maximum absolute atomic E-state index is 14.7. The summed E-state index contributed by atoms with van der Waals surface area (Å²) in [5.74, 6) is 0.465. The van der Waals surface area contributed by atoms with Gasteiger partial charge in [-0.05, 0) is 55.2 Å². The van der Waals surface area contributed by atoms with Gasteiger partial charge >= 0.3 is 25.2 Å². The van der Waals surface area contributed by atoms with Crippen molar-refractivity contribution in [2.45, 2.75) is 26.2 Å². The minimum atomic E-state index is -0.614. The number of nitrogen functional groups attached to an aromatic ring is 1. The number of aliphatic imine (C=N–C) groups is 1. The van der Waals surface area contributed by atoms with Crippen molar-refractivity contribution < 1.29 is 28.6 Å². The van der Waals surface area contributed by atoms with Crippen LogP contribution in [0.5, 0.6) is 5.75 Å². The Kier molecular flexibility index (Phi) is 8.48. The summed E-state index contributed by atoms with van der Waals surface area (Å²) in [5, 5.41) is 7.62. The van der Waals surface area contributed by atoms with Gasteiger partial charge in [0.05, 0.1) is 6.61 Å². The molecule has 0 unspecified atom stereocenters. The van der Waals surface area contributed by atoms with Gasteiger partial charge in [0.25, 0.3) is 0 Å². The van der Waals surface area contributed by atoms with Gasteiger partial charge < -0.3 is 21.5 Å². The van der Waals surface area contributed by atoms with E-state index in [9.17, 15) is 8.78 Å². The molecule has 37 heavy (non-hydrogen) atoms. The fraction of sp³-hybridized carbons (Fsp3) is 0.240. The number of hydrogen-bond acceptors (Lipinski definition) is 7. The number of allylic oxidation sites excluding steroid dienone is 2. The molecule has 0 saturated heterocycles. The van der Waals surface area contributed by atoms with Gasteiger partial charge in [0.2, 0.25) is 0 Å². The summed E-state index contributed by atoms with van der Waals surface area (Å²) >= 11 is 2.72. The molecule has 2 aliphatic rings. The molecule has 195 valence electrons. The molecule has 8 nitrogen and oxygen atoms in total. The van der Waals surface area contributed by atoms with E-state index >= 15 is 0 Å². The normalized spacial score (nSPS) is 14.6. The molecule has 12 heteroatoms. The van der Waals surface area contributed by atoms with E-state index in [0.717, 1.165) is 34.2 Å². The second kappa shape index (κ2) is 11.8. The van der Waals surface area contributed by atoms with E-state index < -0.39 is 11.6 Å². The third-order valence-corrected chi connectivity index (χ3v) is 6.06. The summed E-state index contributed by atoms with van der Waals surface area (Å²) in [5.41, 5.74) is 17.2. The number of nitrogens with zero attached hydrogens (tertiary/aromatic N) is 4. The van der Waals surface area contributed by atoms with Crippen molar-refractivity contribution in [2.24, 2.45) is 10.7 Å². The molecule has 2 heterocycles. The Labute approximate surface area is 225 Å². The monoisotopic (exact) mass is 568 g/mol. The summed E-state index contributed by atoms with van der Waals surface area (Å²) < 4.78 is 35.9. The number of halogens is 3. The fourth-order valence-corrected chi connectivity index (χ4v) is 4.43. The van der Waals surface area contributed by atoms with Crippen molar-refractivity contribution in [3.05, 3.63) is 82.6 Å². The van der Waals surface area contributed by atoms with Gasteiger partial charge in [-0.15, -0.1) is 0 Å². The zero-order valence-electron chi connectivity index (χ0n) is 19.9. The summed E-state index contributed by atoms with van der Waals surface area (Å²) in [4.78, 5) is 8.42. The minimum absolute atomic E-state index is 0.355. The van der Waals surface area contributed by atoms with Gasteiger partial charge in [0, 0.05) is 41.1 Å². The van der Waals surface area contributed by atoms with Gasteiger partial charge in [-0.25, -0.2) is 23.4 Å². The molecule has 1 aromatic heterocycles. The van der Waals surface area contributed by atoms with Crippen LogP contribution in [-0.4, -0.2) is 33.9 Å². The Hall–Kier alpha value is -3.40. The topological polar surface area (TPSA) is 116 Å². The SMILES string of the molecule is Cc1ncn(-c2ccc(N)cc2OCCCC2=C(c3ccc(F)cc3F)CC3=C2NCN=C3N)n1.[Cl][Fe]. The molecule has 3 aromatic rings. The molecule has 0 radical (unpaired) electrons. The van der Waals surface area contributed by atoms with E-state index in [1.807, 2.05) is 13.0 Å². The van der Waals surface area contributed by atoms with Crippen molar-refractivity contribution in [3.8, 4) is 11.4 Å². The van der Waals surface area contributed by atoms with E-state index in [0.29, 0.717) is 61.2 Å². The van der Waals surface area contributed by atoms with Crippen LogP contribution in [0, 0.1) is 18.6 Å². The summed E-state index contributed by atoms with van der Waals surface area (Å²) in [6.45, 7) is 2.55. The second-order valence-corrected chi connectivity index (χ2v) is 8.41. The zero-order valence-corrected chi connectivity index (χ0v) is 21.8. The first-order valence-corrected chi connectivity index (χ1v) is 12.9. The first-order chi connectivity index (χ1) is 17.9. The molecule has 0 atom stereocenters. The molecule has 2 aromatic carbocycles. The number of amidine groups is 1. The van der Waals surface area contributed by atoms with Crippen molar-refractivity contribution in [1.82, 2.24) is 20.1 Å². The number of ether oxygens (including phenoxy) is 1. The number of aryl methyl sites for hydroxylation is 1. The van der Waals surface area contributed by atoms with Crippen LogP contribution in [0.15, 0.2) is 64.6 Å². The third kappa shape index (κ3) is 5.79. The summed E-state index contributed by atoms with van der Waals surface area (Å²) in [6.07, 6.45) is 3.30. The van der Waals surface area contributed by atoms with E-state index in [1.54, 1.807) is 23.1 Å². The van der Waals surface area contributed by atoms with E-state index in [4.69, 9.17) is 16.2 Å². The van der Waals surface area contributed by atoms with Crippen LogP contribution in [0.2, 0.25) is 0 Å². The third-order valence-electron chi connectivity index (χ3n) is 6.06. The quantitative estimate of drug-likeness (QED) is 0.222. The van der Waals surface area contributed by atoms with Crippen molar-refractivity contribution in [1.29, 1.82) is 0 Å². The van der Waals surface area contributed by atoms with Crippen LogP contribution >= 0.6 is 10.1 Å². The van der Waals surface area contributed by atoms with Crippen molar-refractivity contribution in [2.75, 3.05) is 19.0 Å². The van der Waals surface area contributed by atoms with Gasteiger partial charge in [0.1, 0.15) is 47.7 Å². The predicted octanol–water partition coefficient (Wildman–Crippen LogP) is 4.31. The Bertz CT molecular complexity index is 1400. The molecule has 0 bridgehead atoms. The number of aromatic nitrogens is 3. The number of nitrogens with two attached hydrogens (primary N) is 2. The van der Waals surface area contributed by atoms with Crippen LogP contribution < -0.4 is 21.5 Å². The molecule has 0 spiro atoms. The fourth-order valence-electron chi connectivity index (χ4n) is 4.43. The van der Waals surface area contributed by atoms with Crippen molar-refractivity contribution >= 4 is 27.2 Å². The molecule has 0 fully saturated rings. The van der Waals surface area contributed by atoms with Crippen LogP contribution in [-0.2, 0) is 15.1 Å². The molecule has 5 N–H and O–H groups in total. The average molecular weight is 569 g/mol. The molecule has 0 saturated carbocycles. The van der Waals surface area contributed by atoms with Crippen LogP contribution in [0.25, 0.3) is 11.3 Å². The summed E-state index contributed by atoms with van der Waals surface area (Å²) in [6, 6.07) is 9.00. The average Bonchev–Trinajstić information content (AvgIpc) is 3.47. The van der Waals surface area contributed by atoms with E-state index in [1.165, 1.54) is 12.1 Å². The van der Waals surface area contributed by atoms with Crippen LogP contribution in [0.1, 0.15) is 30.7 Å². The standard InChI is InChI=1S/C25H25F2N7O.ClH.Fe/c1-14-32-13-34(33-14)22-7-5-16(28)10-23(22)35-8-2-3-18-19(17-6-4-15(26)9-21(17)27)11-20-24(18)30-12-31-25(20)29;;/h4-7,9-10,13,30H,2-3,8,11-12,28H2,1H3,(H2,29,31);1H;/q;;+1/p-1. The molecule has 1 aliphatic heterocycles. The summed E-state index contributed by atoms with van der Waals surface area (Å²) in [7, 11) is 4.39.